The number of nitrogens with zero attached hydrogens (tertiary/aromatic N) is 2. The van der Waals surface area contributed by atoms with Crippen LogP contribution in [0.3, 0.4) is 0 Å². The summed E-state index contributed by atoms with van der Waals surface area (Å²) in [5.74, 6) is 2.13. The van der Waals surface area contributed by atoms with Gasteiger partial charge in [0.1, 0.15) is 0 Å². The van der Waals surface area contributed by atoms with Gasteiger partial charge in [-0.1, -0.05) is 0 Å². The van der Waals surface area contributed by atoms with Gasteiger partial charge < -0.3 is 9.80 Å². The highest BCUT2D eigenvalue weighted by Gasteiger charge is 2.46. The summed E-state index contributed by atoms with van der Waals surface area (Å²) in [5, 5.41) is 0. The Morgan fingerprint density at radius 3 is 2.71 bits per heavy atom. The average molecular weight is 256 g/mol. The van der Waals surface area contributed by atoms with Crippen molar-refractivity contribution in [3.8, 4) is 0 Å². The van der Waals surface area contributed by atoms with Crippen molar-refractivity contribution in [2.45, 2.75) is 26.8 Å². The highest BCUT2D eigenvalue weighted by atomic mass is 32.2. The molecule has 1 atom stereocenters. The van der Waals surface area contributed by atoms with E-state index in [1.807, 2.05) is 35.4 Å². The molecule has 2 heterocycles. The maximum absolute atomic E-state index is 12.4. The van der Waals surface area contributed by atoms with E-state index < -0.39 is 5.41 Å². The molecule has 96 valence electrons. The minimum absolute atomic E-state index is 0.0304. The molecule has 2 amide bonds. The molecule has 0 N–H and O–H groups in total. The van der Waals surface area contributed by atoms with Crippen LogP contribution in [0.2, 0.25) is 0 Å². The Morgan fingerprint density at radius 2 is 2.06 bits per heavy atom. The molecule has 0 aromatic rings. The molecule has 2 aliphatic rings. The van der Waals surface area contributed by atoms with Gasteiger partial charge in [0.25, 0.3) is 0 Å². The molecule has 1 unspecified atom stereocenters. The summed E-state index contributed by atoms with van der Waals surface area (Å²) in [6, 6.07) is 0.0304. The van der Waals surface area contributed by atoms with E-state index in [0.717, 1.165) is 18.1 Å². The molecule has 0 saturated carbocycles. The van der Waals surface area contributed by atoms with Crippen molar-refractivity contribution in [2.24, 2.45) is 5.41 Å². The quantitative estimate of drug-likeness (QED) is 0.644. The third-order valence-corrected chi connectivity index (χ3v) is 4.87. The van der Waals surface area contributed by atoms with Crippen LogP contribution in [0.25, 0.3) is 0 Å². The van der Waals surface area contributed by atoms with Crippen molar-refractivity contribution < 1.29 is 9.59 Å². The molecule has 2 fully saturated rings. The number of thioether (sulfide) groups is 1. The van der Waals surface area contributed by atoms with Gasteiger partial charge in [0.05, 0.1) is 11.5 Å². The maximum atomic E-state index is 12.4. The second-order valence-corrected chi connectivity index (χ2v) is 6.47. The van der Waals surface area contributed by atoms with E-state index in [4.69, 9.17) is 0 Å². The lowest BCUT2D eigenvalue weighted by Gasteiger charge is -2.39. The predicted molar refractivity (Wildman–Crippen MR) is 68.9 cm³/mol. The first-order valence-electron chi connectivity index (χ1n) is 6.09. The molecule has 2 aliphatic heterocycles. The van der Waals surface area contributed by atoms with Crippen LogP contribution in [0, 0.1) is 5.41 Å². The lowest BCUT2D eigenvalue weighted by Crippen LogP contribution is -2.53. The second kappa shape index (κ2) is 4.52. The van der Waals surface area contributed by atoms with E-state index in [1.165, 1.54) is 0 Å². The number of hydrogen-bond acceptors (Lipinski definition) is 3. The summed E-state index contributed by atoms with van der Waals surface area (Å²) in [4.78, 5) is 28.0. The molecule has 0 aromatic carbocycles. The molecule has 4 nitrogen and oxygen atoms in total. The third kappa shape index (κ3) is 2.17. The molecule has 5 heteroatoms. The first kappa shape index (κ1) is 12.7. The van der Waals surface area contributed by atoms with Gasteiger partial charge in [-0.2, -0.15) is 11.8 Å². The lowest BCUT2D eigenvalue weighted by atomic mass is 9.83. The van der Waals surface area contributed by atoms with Crippen LogP contribution in [-0.4, -0.2) is 58.8 Å². The van der Waals surface area contributed by atoms with Gasteiger partial charge in [0.15, 0.2) is 0 Å². The lowest BCUT2D eigenvalue weighted by molar-refractivity contribution is -0.142. The molecule has 0 aliphatic carbocycles. The highest BCUT2D eigenvalue weighted by molar-refractivity contribution is 7.99. The van der Waals surface area contributed by atoms with Gasteiger partial charge >= 0.3 is 0 Å². The van der Waals surface area contributed by atoms with Crippen LogP contribution in [0.1, 0.15) is 20.8 Å². The van der Waals surface area contributed by atoms with Crippen LogP contribution in [0.15, 0.2) is 0 Å². The van der Waals surface area contributed by atoms with Gasteiger partial charge in [-0.05, 0) is 13.8 Å². The highest BCUT2D eigenvalue weighted by Crippen LogP contribution is 2.34. The largest absolute Gasteiger partial charge is 0.340 e. The van der Waals surface area contributed by atoms with Crippen LogP contribution >= 0.6 is 11.8 Å². The summed E-state index contributed by atoms with van der Waals surface area (Å²) in [6.45, 7) is 7.71. The van der Waals surface area contributed by atoms with Crippen molar-refractivity contribution in [1.82, 2.24) is 9.80 Å². The van der Waals surface area contributed by atoms with E-state index in [-0.39, 0.29) is 17.9 Å². The molecule has 0 aromatic heterocycles. The molecular weight excluding hydrogens is 236 g/mol. The average Bonchev–Trinajstić information content (AvgIpc) is 2.35. The predicted octanol–water partition coefficient (Wildman–Crippen LogP) is 0.819. The molecule has 0 spiro atoms. The van der Waals surface area contributed by atoms with Crippen LogP contribution < -0.4 is 0 Å². The van der Waals surface area contributed by atoms with E-state index in [2.05, 4.69) is 0 Å². The number of fused-ring (bicyclic) bond motifs is 3. The first-order valence-corrected chi connectivity index (χ1v) is 7.24. The minimum atomic E-state index is -0.463. The van der Waals surface area contributed by atoms with E-state index >= 15 is 0 Å². The van der Waals surface area contributed by atoms with Crippen LogP contribution in [-0.2, 0) is 9.59 Å². The van der Waals surface area contributed by atoms with Crippen molar-refractivity contribution in [2.75, 3.05) is 31.1 Å². The Hall–Kier alpha value is -0.710. The normalized spacial score (nSPS) is 28.6. The number of carbonyl (C=O) groups is 2. The minimum Gasteiger partial charge on any atom is -0.340 e. The fourth-order valence-electron chi connectivity index (χ4n) is 2.68. The first-order chi connectivity index (χ1) is 7.94. The monoisotopic (exact) mass is 256 g/mol. The van der Waals surface area contributed by atoms with Gasteiger partial charge in [-0.15, -0.1) is 0 Å². The summed E-state index contributed by atoms with van der Waals surface area (Å²) in [5.41, 5.74) is -0.463. The molecule has 17 heavy (non-hydrogen) atoms. The van der Waals surface area contributed by atoms with Crippen molar-refractivity contribution in [1.29, 1.82) is 0 Å². The molecular formula is C12H20N2O2S. The SMILES string of the molecule is CC(=O)N1CCN2CCSCC1C(C)(C)C2=O. The Labute approximate surface area is 107 Å². The standard InChI is InChI=1S/C12H20N2O2S/c1-9(15)14-5-4-13-6-7-17-8-10(14)12(2,3)11(13)16/h10H,4-8H2,1-3H3. The molecule has 2 bridgehead atoms. The number of rotatable bonds is 0. The topological polar surface area (TPSA) is 40.6 Å². The van der Waals surface area contributed by atoms with E-state index in [9.17, 15) is 9.59 Å². The number of carbonyl (C=O) groups excluding carboxylic acids is 2. The fraction of sp³-hybridized carbons (Fsp3) is 0.833. The van der Waals surface area contributed by atoms with Crippen LogP contribution in [0.5, 0.6) is 0 Å². The zero-order valence-corrected chi connectivity index (χ0v) is 11.5. The van der Waals surface area contributed by atoms with E-state index in [0.29, 0.717) is 13.1 Å². The zero-order chi connectivity index (χ0) is 12.6. The molecule has 0 radical (unpaired) electrons. The van der Waals surface area contributed by atoms with Gasteiger partial charge in [-0.25, -0.2) is 0 Å². The zero-order valence-electron chi connectivity index (χ0n) is 10.7. The van der Waals surface area contributed by atoms with Gasteiger partial charge in [0.2, 0.25) is 11.8 Å². The molecule has 2 rings (SSSR count). The van der Waals surface area contributed by atoms with Gasteiger partial charge in [0, 0.05) is 38.1 Å². The molecule has 2 saturated heterocycles. The van der Waals surface area contributed by atoms with Crippen molar-refractivity contribution in [3.05, 3.63) is 0 Å². The summed E-state index contributed by atoms with van der Waals surface area (Å²) < 4.78 is 0. The Morgan fingerprint density at radius 1 is 1.35 bits per heavy atom. The Balaban J connectivity index is 2.39. The van der Waals surface area contributed by atoms with Crippen molar-refractivity contribution in [3.63, 3.8) is 0 Å². The smallest absolute Gasteiger partial charge is 0.230 e. The number of hydrogen-bond donors (Lipinski definition) is 0. The maximum Gasteiger partial charge on any atom is 0.230 e. The summed E-state index contributed by atoms with van der Waals surface area (Å²) >= 11 is 1.84. The van der Waals surface area contributed by atoms with Crippen LogP contribution in [0.4, 0.5) is 0 Å². The Kier molecular flexibility index (Phi) is 3.39. The van der Waals surface area contributed by atoms with E-state index in [1.54, 1.807) is 6.92 Å². The van der Waals surface area contributed by atoms with Crippen molar-refractivity contribution >= 4 is 23.6 Å². The summed E-state index contributed by atoms with van der Waals surface area (Å²) in [7, 11) is 0. The summed E-state index contributed by atoms with van der Waals surface area (Å²) in [6.07, 6.45) is 0. The Bertz CT molecular complexity index is 343. The second-order valence-electron chi connectivity index (χ2n) is 5.32. The van der Waals surface area contributed by atoms with Gasteiger partial charge in [-0.3, -0.25) is 9.59 Å². The fourth-order valence-corrected chi connectivity index (χ4v) is 4.02. The third-order valence-electron chi connectivity index (χ3n) is 3.84. The number of amides is 2.